The highest BCUT2D eigenvalue weighted by Gasteiger charge is 2.23. The molecule has 0 aromatic carbocycles. The number of aromatic nitrogens is 2. The Hall–Kier alpha value is -1.62. The molecule has 2 unspecified atom stereocenters. The third kappa shape index (κ3) is 2.31. The fourth-order valence-corrected chi connectivity index (χ4v) is 2.09. The summed E-state index contributed by atoms with van der Waals surface area (Å²) in [6.07, 6.45) is 2.64. The Morgan fingerprint density at radius 2 is 2.22 bits per heavy atom. The molecule has 2 aromatic heterocycles. The van der Waals surface area contributed by atoms with Gasteiger partial charge in [0.25, 0.3) is 0 Å². The Balaban J connectivity index is 2.23. The molecule has 0 aliphatic carbocycles. The number of furan rings is 1. The van der Waals surface area contributed by atoms with E-state index in [1.165, 1.54) is 0 Å². The van der Waals surface area contributed by atoms with E-state index < -0.39 is 0 Å². The quantitative estimate of drug-likeness (QED) is 0.882. The molecule has 5 heteroatoms. The highest BCUT2D eigenvalue weighted by molar-refractivity contribution is 5.51. The summed E-state index contributed by atoms with van der Waals surface area (Å²) in [6.45, 7) is 6.17. The fraction of sp³-hybridized carbons (Fsp3) is 0.538. The summed E-state index contributed by atoms with van der Waals surface area (Å²) in [5.41, 5.74) is 1.01. The largest absolute Gasteiger partial charge is 0.461 e. The van der Waals surface area contributed by atoms with E-state index in [2.05, 4.69) is 29.3 Å². The number of hydrogen-bond donors (Lipinski definition) is 1. The SMILES string of the molecule is CCC(NC)C(C)c1nc(-c2occc2C)no1. The summed E-state index contributed by atoms with van der Waals surface area (Å²) in [5, 5.41) is 7.24. The van der Waals surface area contributed by atoms with Crippen LogP contribution in [0.5, 0.6) is 0 Å². The summed E-state index contributed by atoms with van der Waals surface area (Å²) in [4.78, 5) is 4.42. The van der Waals surface area contributed by atoms with Crippen LogP contribution in [-0.4, -0.2) is 23.2 Å². The lowest BCUT2D eigenvalue weighted by molar-refractivity contribution is 0.326. The zero-order chi connectivity index (χ0) is 13.1. The normalized spacial score (nSPS) is 14.7. The van der Waals surface area contributed by atoms with E-state index in [-0.39, 0.29) is 5.92 Å². The summed E-state index contributed by atoms with van der Waals surface area (Å²) < 4.78 is 10.7. The first-order valence-electron chi connectivity index (χ1n) is 6.22. The minimum Gasteiger partial charge on any atom is -0.461 e. The maximum atomic E-state index is 5.36. The molecule has 0 amide bonds. The number of likely N-dealkylation sites (N-methyl/N-ethyl adjacent to an activating group) is 1. The maximum absolute atomic E-state index is 5.36. The van der Waals surface area contributed by atoms with Gasteiger partial charge in [-0.3, -0.25) is 0 Å². The minimum atomic E-state index is 0.177. The maximum Gasteiger partial charge on any atom is 0.238 e. The molecule has 2 heterocycles. The number of rotatable bonds is 5. The van der Waals surface area contributed by atoms with Crippen LogP contribution in [0.4, 0.5) is 0 Å². The van der Waals surface area contributed by atoms with Crippen molar-refractivity contribution in [2.75, 3.05) is 7.05 Å². The van der Waals surface area contributed by atoms with Gasteiger partial charge in [0.1, 0.15) is 0 Å². The summed E-state index contributed by atoms with van der Waals surface area (Å²) in [6, 6.07) is 2.22. The second kappa shape index (κ2) is 5.35. The van der Waals surface area contributed by atoms with E-state index in [0.29, 0.717) is 23.5 Å². The first kappa shape index (κ1) is 12.8. The standard InChI is InChI=1S/C13H19N3O2/c1-5-10(14-4)9(3)13-15-12(16-18-13)11-8(2)6-7-17-11/h6-7,9-10,14H,5H2,1-4H3. The predicted molar refractivity (Wildman–Crippen MR) is 68.3 cm³/mol. The molecule has 0 radical (unpaired) electrons. The Labute approximate surface area is 107 Å². The second-order valence-electron chi connectivity index (χ2n) is 4.48. The first-order chi connectivity index (χ1) is 8.67. The first-order valence-corrected chi connectivity index (χ1v) is 6.22. The Kier molecular flexibility index (Phi) is 3.81. The summed E-state index contributed by atoms with van der Waals surface area (Å²) >= 11 is 0. The number of nitrogens with one attached hydrogen (secondary N) is 1. The van der Waals surface area contributed by atoms with E-state index in [1.54, 1.807) is 6.26 Å². The van der Waals surface area contributed by atoms with Crippen molar-refractivity contribution in [3.05, 3.63) is 23.8 Å². The van der Waals surface area contributed by atoms with E-state index in [9.17, 15) is 0 Å². The molecule has 0 bridgehead atoms. The third-order valence-corrected chi connectivity index (χ3v) is 3.31. The molecule has 5 nitrogen and oxygen atoms in total. The van der Waals surface area contributed by atoms with Crippen molar-refractivity contribution in [3.8, 4) is 11.6 Å². The van der Waals surface area contributed by atoms with Gasteiger partial charge in [-0.2, -0.15) is 4.98 Å². The number of hydrogen-bond acceptors (Lipinski definition) is 5. The molecule has 0 spiro atoms. The minimum absolute atomic E-state index is 0.177. The van der Waals surface area contributed by atoms with E-state index in [4.69, 9.17) is 8.94 Å². The van der Waals surface area contributed by atoms with Gasteiger partial charge in [0.15, 0.2) is 5.76 Å². The lowest BCUT2D eigenvalue weighted by Gasteiger charge is -2.18. The Morgan fingerprint density at radius 1 is 1.44 bits per heavy atom. The Morgan fingerprint density at radius 3 is 2.78 bits per heavy atom. The third-order valence-electron chi connectivity index (χ3n) is 3.31. The average Bonchev–Trinajstić information content (AvgIpc) is 2.98. The van der Waals surface area contributed by atoms with Crippen LogP contribution in [0.3, 0.4) is 0 Å². The van der Waals surface area contributed by atoms with Gasteiger partial charge in [0, 0.05) is 6.04 Å². The molecule has 2 rings (SSSR count). The van der Waals surface area contributed by atoms with Gasteiger partial charge in [-0.05, 0) is 32.0 Å². The van der Waals surface area contributed by atoms with Crippen LogP contribution in [0, 0.1) is 6.92 Å². The van der Waals surface area contributed by atoms with E-state index >= 15 is 0 Å². The topological polar surface area (TPSA) is 64.1 Å². The predicted octanol–water partition coefficient (Wildman–Crippen LogP) is 2.74. The summed E-state index contributed by atoms with van der Waals surface area (Å²) in [7, 11) is 1.94. The Bertz CT molecular complexity index is 500. The highest BCUT2D eigenvalue weighted by Crippen LogP contribution is 2.25. The molecule has 98 valence electrons. The molecule has 0 fully saturated rings. The fourth-order valence-electron chi connectivity index (χ4n) is 2.09. The van der Waals surface area contributed by atoms with E-state index in [0.717, 1.165) is 12.0 Å². The molecule has 0 aliphatic rings. The van der Waals surface area contributed by atoms with Gasteiger partial charge in [-0.1, -0.05) is 19.0 Å². The van der Waals surface area contributed by atoms with E-state index in [1.807, 2.05) is 20.0 Å². The molecule has 0 aliphatic heterocycles. The molecule has 18 heavy (non-hydrogen) atoms. The van der Waals surface area contributed by atoms with Gasteiger partial charge >= 0.3 is 0 Å². The van der Waals surface area contributed by atoms with Crippen LogP contribution in [-0.2, 0) is 0 Å². The second-order valence-corrected chi connectivity index (χ2v) is 4.48. The van der Waals surface area contributed by atoms with Gasteiger partial charge in [0.05, 0.1) is 12.2 Å². The lowest BCUT2D eigenvalue weighted by atomic mass is 10.00. The smallest absolute Gasteiger partial charge is 0.238 e. The molecule has 0 saturated heterocycles. The zero-order valence-electron chi connectivity index (χ0n) is 11.2. The van der Waals surface area contributed by atoms with Gasteiger partial charge in [-0.25, -0.2) is 0 Å². The molecule has 1 N–H and O–H groups in total. The van der Waals surface area contributed by atoms with Crippen LogP contribution in [0.1, 0.15) is 37.6 Å². The molecular weight excluding hydrogens is 230 g/mol. The number of aryl methyl sites for hydroxylation is 1. The zero-order valence-corrected chi connectivity index (χ0v) is 11.2. The van der Waals surface area contributed by atoms with Crippen molar-refractivity contribution in [1.29, 1.82) is 0 Å². The molecule has 0 saturated carbocycles. The van der Waals surface area contributed by atoms with Crippen molar-refractivity contribution < 1.29 is 8.94 Å². The van der Waals surface area contributed by atoms with Crippen LogP contribution < -0.4 is 5.32 Å². The number of nitrogens with zero attached hydrogens (tertiary/aromatic N) is 2. The van der Waals surface area contributed by atoms with Gasteiger partial charge in [0.2, 0.25) is 11.7 Å². The van der Waals surface area contributed by atoms with Crippen molar-refractivity contribution in [2.24, 2.45) is 0 Å². The van der Waals surface area contributed by atoms with Crippen molar-refractivity contribution in [1.82, 2.24) is 15.5 Å². The van der Waals surface area contributed by atoms with Crippen molar-refractivity contribution >= 4 is 0 Å². The van der Waals surface area contributed by atoms with Crippen LogP contribution >= 0.6 is 0 Å². The van der Waals surface area contributed by atoms with Crippen LogP contribution in [0.15, 0.2) is 21.3 Å². The van der Waals surface area contributed by atoms with Crippen molar-refractivity contribution in [2.45, 2.75) is 39.2 Å². The monoisotopic (exact) mass is 249 g/mol. The lowest BCUT2D eigenvalue weighted by Crippen LogP contribution is -2.30. The van der Waals surface area contributed by atoms with Crippen molar-refractivity contribution in [3.63, 3.8) is 0 Å². The van der Waals surface area contributed by atoms with Crippen LogP contribution in [0.25, 0.3) is 11.6 Å². The van der Waals surface area contributed by atoms with Crippen LogP contribution in [0.2, 0.25) is 0 Å². The van der Waals surface area contributed by atoms with Gasteiger partial charge in [-0.15, -0.1) is 0 Å². The molecule has 2 atom stereocenters. The average molecular weight is 249 g/mol. The molecule has 2 aromatic rings. The summed E-state index contributed by atoms with van der Waals surface area (Å²) in [5.74, 6) is 2.01. The van der Waals surface area contributed by atoms with Gasteiger partial charge < -0.3 is 14.3 Å². The molecular formula is C13H19N3O2. The highest BCUT2D eigenvalue weighted by atomic mass is 16.5.